The summed E-state index contributed by atoms with van der Waals surface area (Å²) in [5, 5.41) is 5.06. The molecule has 0 aliphatic heterocycles. The molecule has 0 spiro atoms. The van der Waals surface area contributed by atoms with E-state index in [1.54, 1.807) is 42.6 Å². The van der Waals surface area contributed by atoms with Gasteiger partial charge in [-0.05, 0) is 65.3 Å². The number of halogens is 3. The van der Waals surface area contributed by atoms with Gasteiger partial charge in [-0.25, -0.2) is 26.2 Å². The lowest BCUT2D eigenvalue weighted by Crippen LogP contribution is -2.12. The molecule has 6 nitrogen and oxygen atoms in total. The molecule has 0 radical (unpaired) electrons. The van der Waals surface area contributed by atoms with Crippen molar-refractivity contribution in [2.24, 2.45) is 0 Å². The fourth-order valence-electron chi connectivity index (χ4n) is 3.70. The van der Waals surface area contributed by atoms with E-state index in [0.717, 1.165) is 27.7 Å². The SMILES string of the molecule is Cc1ccc(S(=O)(=O)n2cc(-c3ccn(Cc4cc(F)ccc4F)n3)c3cc(Br)cnc32)cc1. The highest BCUT2D eigenvalue weighted by molar-refractivity contribution is 9.10. The van der Waals surface area contributed by atoms with Crippen LogP contribution >= 0.6 is 15.9 Å². The Morgan fingerprint density at radius 1 is 1.03 bits per heavy atom. The number of nitrogens with zero attached hydrogens (tertiary/aromatic N) is 4. The molecule has 0 N–H and O–H groups in total. The number of fused-ring (bicyclic) bond motifs is 1. The summed E-state index contributed by atoms with van der Waals surface area (Å²) in [6, 6.07) is 13.3. The third-order valence-electron chi connectivity index (χ3n) is 5.41. The summed E-state index contributed by atoms with van der Waals surface area (Å²) in [5.74, 6) is -1.07. The van der Waals surface area contributed by atoms with Gasteiger partial charge in [0.2, 0.25) is 0 Å². The van der Waals surface area contributed by atoms with Crippen LogP contribution in [0.25, 0.3) is 22.3 Å². The van der Waals surface area contributed by atoms with Gasteiger partial charge in [-0.3, -0.25) is 4.68 Å². The Balaban J connectivity index is 1.61. The number of aromatic nitrogens is 4. The summed E-state index contributed by atoms with van der Waals surface area (Å²) in [5.41, 5.74) is 2.37. The van der Waals surface area contributed by atoms with Gasteiger partial charge >= 0.3 is 0 Å². The van der Waals surface area contributed by atoms with Gasteiger partial charge in [0.1, 0.15) is 11.6 Å². The molecule has 0 aliphatic carbocycles. The van der Waals surface area contributed by atoms with Crippen LogP contribution in [0, 0.1) is 18.6 Å². The monoisotopic (exact) mass is 542 g/mol. The minimum absolute atomic E-state index is 0.0197. The van der Waals surface area contributed by atoms with Crippen molar-refractivity contribution in [3.05, 3.63) is 100 Å². The third kappa shape index (κ3) is 4.03. The number of pyridine rings is 1. The lowest BCUT2D eigenvalue weighted by Gasteiger charge is -2.07. The fraction of sp³-hybridized carbons (Fsp3) is 0.0833. The number of hydrogen-bond acceptors (Lipinski definition) is 4. The van der Waals surface area contributed by atoms with Crippen molar-refractivity contribution in [3.63, 3.8) is 0 Å². The van der Waals surface area contributed by atoms with Crippen LogP contribution in [-0.2, 0) is 16.6 Å². The average molecular weight is 543 g/mol. The second kappa shape index (κ2) is 8.44. The molecule has 5 rings (SSSR count). The van der Waals surface area contributed by atoms with E-state index < -0.39 is 21.7 Å². The van der Waals surface area contributed by atoms with Gasteiger partial charge in [0.15, 0.2) is 5.65 Å². The zero-order chi connectivity index (χ0) is 24.0. The van der Waals surface area contributed by atoms with Crippen LogP contribution in [-0.4, -0.2) is 27.2 Å². The first-order valence-corrected chi connectivity index (χ1v) is 12.4. The lowest BCUT2D eigenvalue weighted by molar-refractivity contribution is 0.567. The molecule has 3 heterocycles. The van der Waals surface area contributed by atoms with Crippen LogP contribution in [0.2, 0.25) is 0 Å². The summed E-state index contributed by atoms with van der Waals surface area (Å²) >= 11 is 3.39. The zero-order valence-corrected chi connectivity index (χ0v) is 20.2. The first kappa shape index (κ1) is 22.4. The van der Waals surface area contributed by atoms with Crippen LogP contribution in [0.1, 0.15) is 11.1 Å². The molecule has 0 fully saturated rings. The average Bonchev–Trinajstić information content (AvgIpc) is 3.41. The van der Waals surface area contributed by atoms with Gasteiger partial charge in [-0.2, -0.15) is 5.10 Å². The molecule has 0 atom stereocenters. The molecule has 0 aliphatic rings. The third-order valence-corrected chi connectivity index (χ3v) is 7.51. The van der Waals surface area contributed by atoms with Crippen LogP contribution in [0.4, 0.5) is 8.78 Å². The standard InChI is InChI=1S/C24H17BrF2N4O2S/c1-15-2-5-19(6-3-15)34(32,33)31-14-21(20-11-17(25)12-28-24(20)31)23-8-9-30(29-23)13-16-10-18(26)4-7-22(16)27/h2-12,14H,13H2,1H3. The molecule has 2 aromatic carbocycles. The van der Waals surface area contributed by atoms with E-state index in [1.165, 1.54) is 17.1 Å². The van der Waals surface area contributed by atoms with E-state index in [2.05, 4.69) is 26.0 Å². The van der Waals surface area contributed by atoms with Crippen LogP contribution in [0.15, 0.2) is 82.6 Å². The van der Waals surface area contributed by atoms with Gasteiger partial charge in [0, 0.05) is 39.6 Å². The Labute approximate surface area is 202 Å². The molecule has 0 saturated carbocycles. The van der Waals surface area contributed by atoms with Crippen molar-refractivity contribution < 1.29 is 17.2 Å². The molecular weight excluding hydrogens is 526 g/mol. The van der Waals surface area contributed by atoms with Crippen molar-refractivity contribution in [1.29, 1.82) is 0 Å². The predicted molar refractivity (Wildman–Crippen MR) is 128 cm³/mol. The Bertz CT molecular complexity index is 1640. The van der Waals surface area contributed by atoms with E-state index in [0.29, 0.717) is 21.1 Å². The number of benzene rings is 2. The van der Waals surface area contributed by atoms with Gasteiger partial charge in [0.05, 0.1) is 17.1 Å². The number of aryl methyl sites for hydroxylation is 1. The molecule has 0 bridgehead atoms. The molecular formula is C24H17BrF2N4O2S. The molecule has 34 heavy (non-hydrogen) atoms. The number of rotatable bonds is 5. The van der Waals surface area contributed by atoms with Crippen molar-refractivity contribution in [2.75, 3.05) is 0 Å². The maximum absolute atomic E-state index is 14.1. The highest BCUT2D eigenvalue weighted by atomic mass is 79.9. The van der Waals surface area contributed by atoms with Crippen LogP contribution in [0.3, 0.4) is 0 Å². The normalized spacial score (nSPS) is 11.9. The molecule has 0 unspecified atom stereocenters. The maximum Gasteiger partial charge on any atom is 0.269 e. The van der Waals surface area contributed by atoms with Crippen molar-refractivity contribution in [3.8, 4) is 11.3 Å². The summed E-state index contributed by atoms with van der Waals surface area (Å²) in [6.07, 6.45) is 4.63. The van der Waals surface area contributed by atoms with Crippen LogP contribution in [0.5, 0.6) is 0 Å². The summed E-state index contributed by atoms with van der Waals surface area (Å²) < 4.78 is 57.7. The van der Waals surface area contributed by atoms with E-state index >= 15 is 0 Å². The largest absolute Gasteiger partial charge is 0.269 e. The predicted octanol–water partition coefficient (Wildman–Crippen LogP) is 5.53. The van der Waals surface area contributed by atoms with Crippen molar-refractivity contribution in [1.82, 2.24) is 18.7 Å². The molecule has 0 amide bonds. The van der Waals surface area contributed by atoms with Gasteiger partial charge in [-0.15, -0.1) is 0 Å². The van der Waals surface area contributed by atoms with Gasteiger partial charge < -0.3 is 0 Å². The van der Waals surface area contributed by atoms with Crippen LogP contribution < -0.4 is 0 Å². The molecule has 172 valence electrons. The molecule has 10 heteroatoms. The summed E-state index contributed by atoms with van der Waals surface area (Å²) in [4.78, 5) is 4.48. The quantitative estimate of drug-likeness (QED) is 0.292. The Kier molecular flexibility index (Phi) is 5.57. The Hall–Kier alpha value is -3.37. The first-order chi connectivity index (χ1) is 16.2. The highest BCUT2D eigenvalue weighted by Gasteiger charge is 2.24. The highest BCUT2D eigenvalue weighted by Crippen LogP contribution is 2.33. The minimum Gasteiger partial charge on any atom is -0.268 e. The fourth-order valence-corrected chi connectivity index (χ4v) is 5.35. The molecule has 3 aromatic heterocycles. The van der Waals surface area contributed by atoms with E-state index in [1.807, 2.05) is 6.92 Å². The lowest BCUT2D eigenvalue weighted by atomic mass is 10.2. The molecule has 0 saturated heterocycles. The summed E-state index contributed by atoms with van der Waals surface area (Å²) in [7, 11) is -3.92. The Morgan fingerprint density at radius 2 is 1.79 bits per heavy atom. The second-order valence-electron chi connectivity index (χ2n) is 7.82. The minimum atomic E-state index is -3.92. The smallest absolute Gasteiger partial charge is 0.268 e. The zero-order valence-electron chi connectivity index (χ0n) is 17.8. The Morgan fingerprint density at radius 3 is 2.56 bits per heavy atom. The number of hydrogen-bond donors (Lipinski definition) is 0. The second-order valence-corrected chi connectivity index (χ2v) is 10.5. The van der Waals surface area contributed by atoms with E-state index in [-0.39, 0.29) is 22.7 Å². The topological polar surface area (TPSA) is 69.8 Å². The van der Waals surface area contributed by atoms with E-state index in [9.17, 15) is 17.2 Å². The van der Waals surface area contributed by atoms with Gasteiger partial charge in [0.25, 0.3) is 10.0 Å². The molecule has 5 aromatic rings. The first-order valence-electron chi connectivity index (χ1n) is 10.2. The maximum atomic E-state index is 14.1. The van der Waals surface area contributed by atoms with E-state index in [4.69, 9.17) is 0 Å². The van der Waals surface area contributed by atoms with Crippen molar-refractivity contribution in [2.45, 2.75) is 18.4 Å². The van der Waals surface area contributed by atoms with Gasteiger partial charge in [-0.1, -0.05) is 17.7 Å². The summed E-state index contributed by atoms with van der Waals surface area (Å²) in [6.45, 7) is 1.90. The van der Waals surface area contributed by atoms with Crippen molar-refractivity contribution >= 4 is 37.0 Å².